The van der Waals surface area contributed by atoms with Crippen molar-refractivity contribution in [2.45, 2.75) is 6.92 Å². The van der Waals surface area contributed by atoms with Crippen LogP contribution in [-0.2, 0) is 0 Å². The minimum atomic E-state index is -0.211. The normalized spacial score (nSPS) is 9.94. The number of anilines is 2. The van der Waals surface area contributed by atoms with E-state index in [0.717, 1.165) is 5.56 Å². The van der Waals surface area contributed by atoms with Crippen LogP contribution in [0.3, 0.4) is 0 Å². The van der Waals surface area contributed by atoms with Gasteiger partial charge in [-0.1, -0.05) is 11.6 Å². The Bertz CT molecular complexity index is 538. The molecule has 17 heavy (non-hydrogen) atoms. The summed E-state index contributed by atoms with van der Waals surface area (Å²) in [7, 11) is 0. The molecule has 0 radical (unpaired) electrons. The van der Waals surface area contributed by atoms with Crippen molar-refractivity contribution in [2.24, 2.45) is 0 Å². The minimum Gasteiger partial charge on any atom is -0.398 e. The Balaban J connectivity index is 2.23. The number of hydrogen-bond acceptors (Lipinski definition) is 3. The van der Waals surface area contributed by atoms with Crippen LogP contribution in [0.4, 0.5) is 11.4 Å². The zero-order valence-corrected chi connectivity index (χ0v) is 9.47. The number of benzene rings is 1. The number of nitrogens with two attached hydrogens (primary N) is 1. The van der Waals surface area contributed by atoms with Crippen molar-refractivity contribution in [1.82, 2.24) is 4.98 Å². The van der Waals surface area contributed by atoms with Crippen molar-refractivity contribution in [1.29, 1.82) is 0 Å². The van der Waals surface area contributed by atoms with Crippen LogP contribution in [0, 0.1) is 6.92 Å². The third-order valence-electron chi connectivity index (χ3n) is 2.39. The maximum atomic E-state index is 12.0. The van der Waals surface area contributed by atoms with Gasteiger partial charge in [-0.25, -0.2) is 0 Å². The Morgan fingerprint density at radius 3 is 2.65 bits per heavy atom. The first kappa shape index (κ1) is 11.1. The molecule has 2 rings (SSSR count). The molecule has 0 atom stereocenters. The van der Waals surface area contributed by atoms with Gasteiger partial charge in [0, 0.05) is 23.8 Å². The molecule has 3 N–H and O–H groups in total. The maximum Gasteiger partial charge on any atom is 0.257 e. The van der Waals surface area contributed by atoms with Crippen molar-refractivity contribution < 1.29 is 4.79 Å². The molecule has 0 unspecified atom stereocenters. The van der Waals surface area contributed by atoms with Crippen LogP contribution in [0.25, 0.3) is 0 Å². The summed E-state index contributed by atoms with van der Waals surface area (Å²) in [6, 6.07) is 8.83. The molecule has 0 aliphatic rings. The van der Waals surface area contributed by atoms with Crippen molar-refractivity contribution in [2.75, 3.05) is 11.1 Å². The summed E-state index contributed by atoms with van der Waals surface area (Å²) in [5.41, 5.74) is 8.43. The lowest BCUT2D eigenvalue weighted by atomic mass is 10.1. The van der Waals surface area contributed by atoms with E-state index in [4.69, 9.17) is 5.73 Å². The van der Waals surface area contributed by atoms with Gasteiger partial charge in [0.15, 0.2) is 0 Å². The van der Waals surface area contributed by atoms with E-state index in [-0.39, 0.29) is 5.91 Å². The Morgan fingerprint density at radius 1 is 1.24 bits per heavy atom. The summed E-state index contributed by atoms with van der Waals surface area (Å²) in [5.74, 6) is -0.211. The van der Waals surface area contributed by atoms with Crippen LogP contribution in [-0.4, -0.2) is 10.9 Å². The quantitative estimate of drug-likeness (QED) is 0.773. The van der Waals surface area contributed by atoms with Gasteiger partial charge >= 0.3 is 0 Å². The predicted molar refractivity (Wildman–Crippen MR) is 67.8 cm³/mol. The van der Waals surface area contributed by atoms with Crippen LogP contribution in [0.5, 0.6) is 0 Å². The number of nitrogen functional groups attached to an aromatic ring is 1. The molecule has 0 aliphatic heterocycles. The van der Waals surface area contributed by atoms with E-state index >= 15 is 0 Å². The van der Waals surface area contributed by atoms with E-state index in [0.29, 0.717) is 16.9 Å². The molecule has 0 bridgehead atoms. The molecule has 0 spiro atoms. The molecule has 0 fully saturated rings. The molecule has 4 nitrogen and oxygen atoms in total. The van der Waals surface area contributed by atoms with Gasteiger partial charge in [-0.3, -0.25) is 9.78 Å². The summed E-state index contributed by atoms with van der Waals surface area (Å²) in [5, 5.41) is 2.77. The fourth-order valence-electron chi connectivity index (χ4n) is 1.50. The van der Waals surface area contributed by atoms with Gasteiger partial charge in [-0.05, 0) is 31.2 Å². The number of carbonyl (C=O) groups excluding carboxylic acids is 1. The predicted octanol–water partition coefficient (Wildman–Crippen LogP) is 2.22. The SMILES string of the molecule is Cc1ccc(N)c(C(=O)Nc2ccncc2)c1. The average Bonchev–Trinajstić information content (AvgIpc) is 2.33. The van der Waals surface area contributed by atoms with E-state index < -0.39 is 0 Å². The largest absolute Gasteiger partial charge is 0.398 e. The molecule has 0 saturated heterocycles. The van der Waals surface area contributed by atoms with Gasteiger partial charge in [-0.15, -0.1) is 0 Å². The highest BCUT2D eigenvalue weighted by molar-refractivity contribution is 6.07. The van der Waals surface area contributed by atoms with Gasteiger partial charge in [0.2, 0.25) is 0 Å². The number of carbonyl (C=O) groups is 1. The second-order valence-corrected chi connectivity index (χ2v) is 3.78. The highest BCUT2D eigenvalue weighted by atomic mass is 16.1. The number of aromatic nitrogens is 1. The molecule has 1 heterocycles. The van der Waals surface area contributed by atoms with Gasteiger partial charge in [0.05, 0.1) is 5.56 Å². The molecule has 86 valence electrons. The molecule has 0 saturated carbocycles. The number of pyridine rings is 1. The second kappa shape index (κ2) is 4.65. The second-order valence-electron chi connectivity index (χ2n) is 3.78. The van der Waals surface area contributed by atoms with Crippen LogP contribution in [0.2, 0.25) is 0 Å². The molecular formula is C13H13N3O. The van der Waals surface area contributed by atoms with Crippen LogP contribution < -0.4 is 11.1 Å². The Hall–Kier alpha value is -2.36. The van der Waals surface area contributed by atoms with E-state index in [2.05, 4.69) is 10.3 Å². The third-order valence-corrected chi connectivity index (χ3v) is 2.39. The first-order chi connectivity index (χ1) is 8.16. The summed E-state index contributed by atoms with van der Waals surface area (Å²) in [6.07, 6.45) is 3.24. The Labute approximate surface area is 99.5 Å². The van der Waals surface area contributed by atoms with Crippen molar-refractivity contribution >= 4 is 17.3 Å². The lowest BCUT2D eigenvalue weighted by molar-refractivity contribution is 0.102. The average molecular weight is 227 g/mol. The lowest BCUT2D eigenvalue weighted by Gasteiger charge is -2.08. The summed E-state index contributed by atoms with van der Waals surface area (Å²) >= 11 is 0. The molecule has 4 heteroatoms. The zero-order chi connectivity index (χ0) is 12.3. The van der Waals surface area contributed by atoms with Gasteiger partial charge in [0.25, 0.3) is 5.91 Å². The molecule has 2 aromatic rings. The molecule has 1 aromatic carbocycles. The van der Waals surface area contributed by atoms with Gasteiger partial charge < -0.3 is 11.1 Å². The molecule has 1 aromatic heterocycles. The van der Waals surface area contributed by atoms with E-state index in [1.165, 1.54) is 0 Å². The van der Waals surface area contributed by atoms with Crippen molar-refractivity contribution in [3.8, 4) is 0 Å². The molecule has 0 aliphatic carbocycles. The summed E-state index contributed by atoms with van der Waals surface area (Å²) < 4.78 is 0. The van der Waals surface area contributed by atoms with Crippen LogP contribution in [0.1, 0.15) is 15.9 Å². The van der Waals surface area contributed by atoms with Crippen molar-refractivity contribution in [3.05, 3.63) is 53.9 Å². The highest BCUT2D eigenvalue weighted by Crippen LogP contribution is 2.15. The Kier molecular flexibility index (Phi) is 3.05. The van der Waals surface area contributed by atoms with Gasteiger partial charge in [0.1, 0.15) is 0 Å². The van der Waals surface area contributed by atoms with Gasteiger partial charge in [-0.2, -0.15) is 0 Å². The fraction of sp³-hybridized carbons (Fsp3) is 0.0769. The number of rotatable bonds is 2. The van der Waals surface area contributed by atoms with Crippen LogP contribution in [0.15, 0.2) is 42.7 Å². The summed E-state index contributed by atoms with van der Waals surface area (Å²) in [4.78, 5) is 15.9. The number of nitrogens with zero attached hydrogens (tertiary/aromatic N) is 1. The zero-order valence-electron chi connectivity index (χ0n) is 9.47. The summed E-state index contributed by atoms with van der Waals surface area (Å²) in [6.45, 7) is 1.92. The number of hydrogen-bond donors (Lipinski definition) is 2. The number of nitrogens with one attached hydrogen (secondary N) is 1. The third kappa shape index (κ3) is 2.60. The van der Waals surface area contributed by atoms with E-state index in [1.807, 2.05) is 13.0 Å². The first-order valence-corrected chi connectivity index (χ1v) is 5.24. The van der Waals surface area contributed by atoms with E-state index in [1.54, 1.807) is 36.7 Å². The first-order valence-electron chi connectivity index (χ1n) is 5.24. The number of aryl methyl sites for hydroxylation is 1. The smallest absolute Gasteiger partial charge is 0.257 e. The standard InChI is InChI=1S/C13H13N3O/c1-9-2-3-12(14)11(8-9)13(17)16-10-4-6-15-7-5-10/h2-8H,14H2,1H3,(H,15,16,17). The molecule has 1 amide bonds. The fourth-order valence-corrected chi connectivity index (χ4v) is 1.50. The maximum absolute atomic E-state index is 12.0. The van der Waals surface area contributed by atoms with E-state index in [9.17, 15) is 4.79 Å². The highest BCUT2D eigenvalue weighted by Gasteiger charge is 2.09. The van der Waals surface area contributed by atoms with Crippen molar-refractivity contribution in [3.63, 3.8) is 0 Å². The monoisotopic (exact) mass is 227 g/mol. The lowest BCUT2D eigenvalue weighted by Crippen LogP contribution is -2.14. The minimum absolute atomic E-state index is 0.211. The number of amides is 1. The van der Waals surface area contributed by atoms with Crippen LogP contribution >= 0.6 is 0 Å². The topological polar surface area (TPSA) is 68.0 Å². The Morgan fingerprint density at radius 2 is 1.94 bits per heavy atom. The molecular weight excluding hydrogens is 214 g/mol.